The molecule has 0 spiro atoms. The maximum Gasteiger partial charge on any atom is 0.223 e. The molecule has 0 N–H and O–H groups in total. The van der Waals surface area contributed by atoms with Gasteiger partial charge in [-0.2, -0.15) is 0 Å². The molecule has 0 bridgehead atoms. The number of methoxy groups -OCH3 is 1. The monoisotopic (exact) mass is 501 g/mol. The number of carbonyl (C=O) groups is 1. The molecule has 1 fully saturated rings. The lowest BCUT2D eigenvalue weighted by Gasteiger charge is -2.37. The second kappa shape index (κ2) is 10.7. The van der Waals surface area contributed by atoms with Crippen LogP contribution in [0.1, 0.15) is 30.4 Å². The van der Waals surface area contributed by atoms with Gasteiger partial charge in [0.25, 0.3) is 0 Å². The van der Waals surface area contributed by atoms with Crippen LogP contribution in [-0.4, -0.2) is 48.7 Å². The van der Waals surface area contributed by atoms with Crippen molar-refractivity contribution in [1.29, 1.82) is 0 Å². The number of aryl methyl sites for hydroxylation is 1. The molecule has 1 aliphatic rings. The largest absolute Gasteiger partial charge is 0.495 e. The van der Waals surface area contributed by atoms with Crippen molar-refractivity contribution in [2.24, 2.45) is 0 Å². The predicted octanol–water partition coefficient (Wildman–Crippen LogP) is 6.19. The summed E-state index contributed by atoms with van der Waals surface area (Å²) < 4.78 is 7.81. The molecule has 1 unspecified atom stereocenters. The smallest absolute Gasteiger partial charge is 0.223 e. The first-order valence-electron chi connectivity index (χ1n) is 12.6. The zero-order valence-electron chi connectivity index (χ0n) is 20.9. The summed E-state index contributed by atoms with van der Waals surface area (Å²) in [5.41, 5.74) is 4.52. The van der Waals surface area contributed by atoms with Crippen molar-refractivity contribution in [1.82, 2.24) is 9.47 Å². The molecule has 5 nitrogen and oxygen atoms in total. The molecule has 0 saturated carbocycles. The topological polar surface area (TPSA) is 37.7 Å². The van der Waals surface area contributed by atoms with Crippen LogP contribution in [0.5, 0.6) is 5.75 Å². The van der Waals surface area contributed by atoms with E-state index in [1.807, 2.05) is 41.3 Å². The van der Waals surface area contributed by atoms with Gasteiger partial charge < -0.3 is 19.1 Å². The van der Waals surface area contributed by atoms with Gasteiger partial charge in [0.15, 0.2) is 0 Å². The van der Waals surface area contributed by atoms with E-state index in [4.69, 9.17) is 16.3 Å². The number of benzene rings is 3. The average molecular weight is 502 g/mol. The molecule has 6 heteroatoms. The molecule has 186 valence electrons. The van der Waals surface area contributed by atoms with Gasteiger partial charge in [-0.3, -0.25) is 4.79 Å². The molecule has 1 aliphatic heterocycles. The summed E-state index contributed by atoms with van der Waals surface area (Å²) in [7, 11) is 1.70. The van der Waals surface area contributed by atoms with Crippen molar-refractivity contribution < 1.29 is 9.53 Å². The highest BCUT2D eigenvalue weighted by Crippen LogP contribution is 2.36. The molecule has 0 aliphatic carbocycles. The van der Waals surface area contributed by atoms with E-state index >= 15 is 0 Å². The predicted molar refractivity (Wildman–Crippen MR) is 147 cm³/mol. The molecule has 3 aromatic carbocycles. The maximum absolute atomic E-state index is 13.7. The number of carbonyl (C=O) groups excluding carboxylic acids is 1. The summed E-state index contributed by atoms with van der Waals surface area (Å²) in [5, 5.41) is 1.88. The number of anilines is 1. The SMILES string of the molecule is CCn1cc(C(CC(=O)N2CCN(c3ccccc3OC)CC2)c2cccc(Cl)c2)c2ccccc21. The maximum atomic E-state index is 13.7. The average Bonchev–Trinajstić information content (AvgIpc) is 3.30. The molecule has 4 aromatic rings. The summed E-state index contributed by atoms with van der Waals surface area (Å²) in [6.45, 7) is 5.97. The highest BCUT2D eigenvalue weighted by atomic mass is 35.5. The highest BCUT2D eigenvalue weighted by Gasteiger charge is 2.28. The lowest BCUT2D eigenvalue weighted by molar-refractivity contribution is -0.131. The van der Waals surface area contributed by atoms with Crippen molar-refractivity contribution in [3.05, 3.63) is 95.1 Å². The number of ether oxygens (including phenoxy) is 1. The summed E-state index contributed by atoms with van der Waals surface area (Å²) in [6.07, 6.45) is 2.62. The van der Waals surface area contributed by atoms with Crippen molar-refractivity contribution in [3.63, 3.8) is 0 Å². The molecule has 1 saturated heterocycles. The Morgan fingerprint density at radius 1 is 0.972 bits per heavy atom. The number of para-hydroxylation sites is 3. The Bertz CT molecular complexity index is 1360. The molecule has 1 atom stereocenters. The fourth-order valence-electron chi connectivity index (χ4n) is 5.34. The zero-order chi connectivity index (χ0) is 25.1. The highest BCUT2D eigenvalue weighted by molar-refractivity contribution is 6.30. The minimum Gasteiger partial charge on any atom is -0.495 e. The Morgan fingerprint density at radius 3 is 2.47 bits per heavy atom. The van der Waals surface area contributed by atoms with Crippen molar-refractivity contribution in [2.75, 3.05) is 38.2 Å². The van der Waals surface area contributed by atoms with E-state index in [1.54, 1.807) is 7.11 Å². The van der Waals surface area contributed by atoms with Crippen LogP contribution in [-0.2, 0) is 11.3 Å². The van der Waals surface area contributed by atoms with Crippen molar-refractivity contribution >= 4 is 34.1 Å². The molecule has 0 radical (unpaired) electrons. The third-order valence-electron chi connectivity index (χ3n) is 7.22. The van der Waals surface area contributed by atoms with Gasteiger partial charge in [0.1, 0.15) is 5.75 Å². The molecule has 1 aromatic heterocycles. The number of nitrogens with zero attached hydrogens (tertiary/aromatic N) is 3. The number of halogens is 1. The van der Waals surface area contributed by atoms with Crippen LogP contribution in [0.2, 0.25) is 5.02 Å². The lowest BCUT2D eigenvalue weighted by Crippen LogP contribution is -2.49. The Balaban J connectivity index is 1.39. The third kappa shape index (κ3) is 4.80. The Morgan fingerprint density at radius 2 is 1.72 bits per heavy atom. The van der Waals surface area contributed by atoms with Gasteiger partial charge in [-0.15, -0.1) is 0 Å². The number of rotatable bonds is 7. The summed E-state index contributed by atoms with van der Waals surface area (Å²) >= 11 is 6.40. The van der Waals surface area contributed by atoms with Gasteiger partial charge in [0, 0.05) is 67.2 Å². The van der Waals surface area contributed by atoms with Crippen LogP contribution >= 0.6 is 11.6 Å². The van der Waals surface area contributed by atoms with Crippen molar-refractivity contribution in [2.45, 2.75) is 25.8 Å². The summed E-state index contributed by atoms with van der Waals surface area (Å²) in [5.74, 6) is 0.972. The van der Waals surface area contributed by atoms with Crippen LogP contribution in [0, 0.1) is 0 Å². The molecule has 1 amide bonds. The standard InChI is InChI=1S/C30H32ClN3O2/c1-3-32-21-26(24-11-4-5-12-27(24)32)25(22-9-8-10-23(31)19-22)20-30(35)34-17-15-33(16-18-34)28-13-6-7-14-29(28)36-2/h4-14,19,21,25H,3,15-18,20H2,1-2H3. The van der Waals surface area contributed by atoms with Gasteiger partial charge in [0.2, 0.25) is 5.91 Å². The van der Waals surface area contributed by atoms with E-state index in [-0.39, 0.29) is 11.8 Å². The first kappa shape index (κ1) is 24.3. The van der Waals surface area contributed by atoms with Crippen LogP contribution in [0.25, 0.3) is 10.9 Å². The van der Waals surface area contributed by atoms with E-state index in [9.17, 15) is 4.79 Å². The first-order chi connectivity index (χ1) is 17.6. The van der Waals surface area contributed by atoms with Crippen LogP contribution in [0.4, 0.5) is 5.69 Å². The third-order valence-corrected chi connectivity index (χ3v) is 7.46. The van der Waals surface area contributed by atoms with Crippen LogP contribution < -0.4 is 9.64 Å². The second-order valence-electron chi connectivity index (χ2n) is 9.24. The molecule has 2 heterocycles. The second-order valence-corrected chi connectivity index (χ2v) is 9.68. The van der Waals surface area contributed by atoms with Crippen molar-refractivity contribution in [3.8, 4) is 5.75 Å². The molecular formula is C30H32ClN3O2. The van der Waals surface area contributed by atoms with Crippen LogP contribution in [0.15, 0.2) is 79.0 Å². The molecular weight excluding hydrogens is 470 g/mol. The first-order valence-corrected chi connectivity index (χ1v) is 13.0. The zero-order valence-corrected chi connectivity index (χ0v) is 21.6. The number of hydrogen-bond donors (Lipinski definition) is 0. The Labute approximate surface area is 217 Å². The van der Waals surface area contributed by atoms with E-state index in [0.717, 1.165) is 36.6 Å². The van der Waals surface area contributed by atoms with E-state index in [0.29, 0.717) is 24.5 Å². The van der Waals surface area contributed by atoms with E-state index in [1.165, 1.54) is 16.5 Å². The number of hydrogen-bond acceptors (Lipinski definition) is 3. The summed E-state index contributed by atoms with van der Waals surface area (Å²) in [6, 6.07) is 24.4. The number of amides is 1. The lowest BCUT2D eigenvalue weighted by atomic mass is 9.87. The van der Waals surface area contributed by atoms with E-state index in [2.05, 4.69) is 59.0 Å². The fourth-order valence-corrected chi connectivity index (χ4v) is 5.54. The van der Waals surface area contributed by atoms with Gasteiger partial charge >= 0.3 is 0 Å². The Kier molecular flexibility index (Phi) is 7.19. The molecule has 5 rings (SSSR count). The normalized spacial score (nSPS) is 14.8. The number of fused-ring (bicyclic) bond motifs is 1. The minimum absolute atomic E-state index is 0.0684. The van der Waals surface area contributed by atoms with Gasteiger partial charge in [-0.1, -0.05) is 54.1 Å². The number of piperazine rings is 1. The van der Waals surface area contributed by atoms with Gasteiger partial charge in [0.05, 0.1) is 12.8 Å². The van der Waals surface area contributed by atoms with Gasteiger partial charge in [-0.25, -0.2) is 0 Å². The van der Waals surface area contributed by atoms with Crippen LogP contribution in [0.3, 0.4) is 0 Å². The van der Waals surface area contributed by atoms with Gasteiger partial charge in [-0.05, 0) is 48.4 Å². The quantitative estimate of drug-likeness (QED) is 0.303. The minimum atomic E-state index is -0.0684. The fraction of sp³-hybridized carbons (Fsp3) is 0.300. The molecule has 36 heavy (non-hydrogen) atoms. The number of aromatic nitrogens is 1. The summed E-state index contributed by atoms with van der Waals surface area (Å²) in [4.78, 5) is 18.0. The Hall–Kier alpha value is -3.44. The van der Waals surface area contributed by atoms with E-state index < -0.39 is 0 Å².